The molecule has 0 aromatic carbocycles. The van der Waals surface area contributed by atoms with E-state index in [4.69, 9.17) is 15.7 Å². The van der Waals surface area contributed by atoms with E-state index in [1.165, 1.54) is 12.8 Å². The molecule has 0 spiro atoms. The van der Waals surface area contributed by atoms with Crippen LogP contribution in [0.1, 0.15) is 54.6 Å². The summed E-state index contributed by atoms with van der Waals surface area (Å²) in [6.45, 7) is 0.735. The summed E-state index contributed by atoms with van der Waals surface area (Å²) in [6, 6.07) is 2.44. The minimum atomic E-state index is 0. The van der Waals surface area contributed by atoms with Crippen LogP contribution >= 0.6 is 24.8 Å². The molecule has 0 atom stereocenters. The zero-order valence-electron chi connectivity index (χ0n) is 13.7. The number of hydrogen-bond donors (Lipinski definition) is 2. The van der Waals surface area contributed by atoms with Gasteiger partial charge in [-0.1, -0.05) is 0 Å². The predicted molar refractivity (Wildman–Crippen MR) is 99.0 cm³/mol. The van der Waals surface area contributed by atoms with Gasteiger partial charge in [0, 0.05) is 55.0 Å². The molecule has 2 fully saturated rings. The Kier molecular flexibility index (Phi) is 6.06. The Morgan fingerprint density at radius 2 is 1.96 bits per heavy atom. The Balaban J connectivity index is 0.00000104. The van der Waals surface area contributed by atoms with Gasteiger partial charge in [-0.3, -0.25) is 4.68 Å². The highest BCUT2D eigenvalue weighted by atomic mass is 35.5. The van der Waals surface area contributed by atoms with Gasteiger partial charge in [0.25, 0.3) is 0 Å². The molecular formula is C16H24Cl2N6. The molecule has 4 rings (SSSR count). The fraction of sp³-hybridized carbons (Fsp3) is 0.562. The van der Waals surface area contributed by atoms with Crippen molar-refractivity contribution in [3.05, 3.63) is 35.5 Å². The monoisotopic (exact) mass is 370 g/mol. The van der Waals surface area contributed by atoms with Crippen LogP contribution in [0.15, 0.2) is 18.5 Å². The van der Waals surface area contributed by atoms with Crippen LogP contribution < -0.4 is 11.1 Å². The summed E-state index contributed by atoms with van der Waals surface area (Å²) < 4.78 is 1.81. The van der Waals surface area contributed by atoms with Crippen LogP contribution in [0, 0.1) is 0 Å². The van der Waals surface area contributed by atoms with Crippen molar-refractivity contribution in [2.24, 2.45) is 12.8 Å². The molecule has 0 bridgehead atoms. The molecule has 2 saturated carbocycles. The summed E-state index contributed by atoms with van der Waals surface area (Å²) >= 11 is 0. The Hall–Kier alpha value is -1.37. The molecule has 0 amide bonds. The summed E-state index contributed by atoms with van der Waals surface area (Å²) in [6.07, 6.45) is 8.42. The van der Waals surface area contributed by atoms with Crippen LogP contribution in [-0.4, -0.2) is 25.8 Å². The summed E-state index contributed by atoms with van der Waals surface area (Å²) in [5, 5.41) is 7.61. The first-order valence-electron chi connectivity index (χ1n) is 8.03. The lowest BCUT2D eigenvalue weighted by molar-refractivity contribution is 0.344. The van der Waals surface area contributed by atoms with Gasteiger partial charge in [0.2, 0.25) is 0 Å². The van der Waals surface area contributed by atoms with Crippen molar-refractivity contribution < 1.29 is 0 Å². The smallest absolute Gasteiger partial charge is 0.134 e. The maximum atomic E-state index is 5.92. The fourth-order valence-corrected chi connectivity index (χ4v) is 2.97. The van der Waals surface area contributed by atoms with E-state index in [2.05, 4.69) is 16.5 Å². The van der Waals surface area contributed by atoms with Gasteiger partial charge >= 0.3 is 0 Å². The lowest BCUT2D eigenvalue weighted by Crippen LogP contribution is -2.35. The van der Waals surface area contributed by atoms with Crippen molar-refractivity contribution in [1.29, 1.82) is 0 Å². The number of aromatic nitrogens is 4. The van der Waals surface area contributed by atoms with Crippen LogP contribution in [-0.2, 0) is 13.6 Å². The quantitative estimate of drug-likeness (QED) is 0.845. The van der Waals surface area contributed by atoms with Crippen LogP contribution in [0.3, 0.4) is 0 Å². The van der Waals surface area contributed by atoms with Gasteiger partial charge in [0.05, 0.1) is 6.20 Å². The molecule has 0 saturated heterocycles. The molecule has 0 unspecified atom stereocenters. The average molecular weight is 371 g/mol. The maximum absolute atomic E-state index is 5.92. The van der Waals surface area contributed by atoms with Gasteiger partial charge in [-0.15, -0.1) is 24.8 Å². The molecular weight excluding hydrogens is 347 g/mol. The molecule has 6 nitrogen and oxygen atoms in total. The lowest BCUT2D eigenvalue weighted by atomic mass is 9.78. The van der Waals surface area contributed by atoms with E-state index in [9.17, 15) is 0 Å². The van der Waals surface area contributed by atoms with Gasteiger partial charge in [0.1, 0.15) is 11.6 Å². The average Bonchev–Trinajstić information content (AvgIpc) is 3.24. The Labute approximate surface area is 154 Å². The molecule has 2 aromatic rings. The second-order valence-corrected chi connectivity index (χ2v) is 6.61. The summed E-state index contributed by atoms with van der Waals surface area (Å²) in [4.78, 5) is 9.48. The number of rotatable bonds is 5. The van der Waals surface area contributed by atoms with Gasteiger partial charge in [0.15, 0.2) is 0 Å². The zero-order chi connectivity index (χ0) is 15.1. The standard InChI is InChI=1S/C16H22N6.2ClH/c1-22-9-10(8-19-22)7-18-15-6-14(12-4-13(17)5-12)20-16(21-15)11-2-3-11;;/h6,8-9,11-13H,2-5,7,17H2,1H3,(H,18,20,21);2*1H. The topological polar surface area (TPSA) is 81.7 Å². The minimum Gasteiger partial charge on any atom is -0.366 e. The van der Waals surface area contributed by atoms with Gasteiger partial charge in [-0.2, -0.15) is 5.10 Å². The molecule has 2 aliphatic carbocycles. The fourth-order valence-electron chi connectivity index (χ4n) is 2.97. The predicted octanol–water partition coefficient (Wildman–Crippen LogP) is 2.75. The van der Waals surface area contributed by atoms with Crippen molar-refractivity contribution in [2.75, 3.05) is 5.32 Å². The van der Waals surface area contributed by atoms with Gasteiger partial charge in [-0.05, 0) is 25.7 Å². The van der Waals surface area contributed by atoms with E-state index >= 15 is 0 Å². The number of anilines is 1. The van der Waals surface area contributed by atoms with Crippen molar-refractivity contribution in [3.63, 3.8) is 0 Å². The highest BCUT2D eigenvalue weighted by Crippen LogP contribution is 2.41. The van der Waals surface area contributed by atoms with Crippen LogP contribution in [0.25, 0.3) is 0 Å². The first-order valence-corrected chi connectivity index (χ1v) is 8.03. The van der Waals surface area contributed by atoms with E-state index in [-0.39, 0.29) is 24.8 Å². The maximum Gasteiger partial charge on any atom is 0.134 e. The van der Waals surface area contributed by atoms with Crippen molar-refractivity contribution in [3.8, 4) is 0 Å². The molecule has 24 heavy (non-hydrogen) atoms. The van der Waals surface area contributed by atoms with Gasteiger partial charge in [-0.25, -0.2) is 9.97 Å². The number of nitrogens with zero attached hydrogens (tertiary/aromatic N) is 4. The molecule has 0 radical (unpaired) electrons. The van der Waals surface area contributed by atoms with Crippen LogP contribution in [0.5, 0.6) is 0 Å². The molecule has 3 N–H and O–H groups in total. The summed E-state index contributed by atoms with van der Waals surface area (Å²) in [5.74, 6) is 3.00. The molecule has 2 aromatic heterocycles. The normalized spacial score (nSPS) is 22.1. The zero-order valence-corrected chi connectivity index (χ0v) is 15.3. The molecule has 0 aliphatic heterocycles. The lowest BCUT2D eigenvalue weighted by Gasteiger charge is -2.32. The molecule has 2 heterocycles. The Morgan fingerprint density at radius 3 is 2.54 bits per heavy atom. The Bertz CT molecular complexity index is 679. The third-order valence-corrected chi connectivity index (χ3v) is 4.53. The van der Waals surface area contributed by atoms with E-state index in [0.717, 1.165) is 42.3 Å². The summed E-state index contributed by atoms with van der Waals surface area (Å²) in [7, 11) is 1.93. The number of halogens is 2. The van der Waals surface area contributed by atoms with Crippen molar-refractivity contribution in [2.45, 2.75) is 50.1 Å². The van der Waals surface area contributed by atoms with E-state index in [1.807, 2.05) is 24.1 Å². The Morgan fingerprint density at radius 1 is 1.21 bits per heavy atom. The minimum absolute atomic E-state index is 0. The SMILES string of the molecule is Cl.Cl.Cn1cc(CNc2cc(C3CC(N)C3)nc(C3CC3)n2)cn1. The first kappa shape index (κ1) is 19.0. The number of aryl methyl sites for hydroxylation is 1. The van der Waals surface area contributed by atoms with Crippen molar-refractivity contribution in [1.82, 2.24) is 19.7 Å². The molecule has 132 valence electrons. The highest BCUT2D eigenvalue weighted by Gasteiger charge is 2.32. The van der Waals surface area contributed by atoms with Gasteiger partial charge < -0.3 is 11.1 Å². The van der Waals surface area contributed by atoms with Crippen LogP contribution in [0.4, 0.5) is 5.82 Å². The molecule has 8 heteroatoms. The van der Waals surface area contributed by atoms with Crippen molar-refractivity contribution >= 4 is 30.6 Å². The largest absolute Gasteiger partial charge is 0.366 e. The number of nitrogens with two attached hydrogens (primary N) is 1. The third kappa shape index (κ3) is 4.18. The number of hydrogen-bond acceptors (Lipinski definition) is 5. The van der Waals surface area contributed by atoms with E-state index in [0.29, 0.717) is 17.9 Å². The number of nitrogens with one attached hydrogen (secondary N) is 1. The second kappa shape index (κ2) is 7.68. The van der Waals surface area contributed by atoms with Crippen LogP contribution in [0.2, 0.25) is 0 Å². The first-order chi connectivity index (χ1) is 10.7. The van der Waals surface area contributed by atoms with E-state index in [1.54, 1.807) is 0 Å². The third-order valence-electron chi connectivity index (χ3n) is 4.53. The highest BCUT2D eigenvalue weighted by molar-refractivity contribution is 5.85. The summed E-state index contributed by atoms with van der Waals surface area (Å²) in [5.41, 5.74) is 8.24. The van der Waals surface area contributed by atoms with E-state index < -0.39 is 0 Å². The second-order valence-electron chi connectivity index (χ2n) is 6.61. The molecule has 2 aliphatic rings.